The molecule has 0 bridgehead atoms. The van der Waals surface area contributed by atoms with Crippen molar-refractivity contribution in [3.05, 3.63) is 37.3 Å². The lowest BCUT2D eigenvalue weighted by Crippen LogP contribution is -2.12. The van der Waals surface area contributed by atoms with Gasteiger partial charge in [-0.3, -0.25) is 4.79 Å². The Balaban J connectivity index is 1.86. The molecule has 0 atom stereocenters. The van der Waals surface area contributed by atoms with Gasteiger partial charge in [0.1, 0.15) is 5.00 Å². The van der Waals surface area contributed by atoms with Gasteiger partial charge in [-0.2, -0.15) is 0 Å². The number of amides is 1. The molecule has 0 aromatic carbocycles. The van der Waals surface area contributed by atoms with E-state index in [9.17, 15) is 9.59 Å². The fraction of sp³-hybridized carbons (Fsp3) is 0.286. The Morgan fingerprint density at radius 2 is 2.10 bits per heavy atom. The predicted molar refractivity (Wildman–Crippen MR) is 89.6 cm³/mol. The number of thiophene rings is 2. The Morgan fingerprint density at radius 1 is 1.33 bits per heavy atom. The van der Waals surface area contributed by atoms with Crippen LogP contribution in [0.25, 0.3) is 0 Å². The molecular formula is C14H14BrNO3S2. The first-order valence-electron chi connectivity index (χ1n) is 6.33. The van der Waals surface area contributed by atoms with E-state index in [2.05, 4.69) is 21.2 Å². The van der Waals surface area contributed by atoms with Crippen molar-refractivity contribution in [1.82, 2.24) is 0 Å². The van der Waals surface area contributed by atoms with Crippen LogP contribution in [-0.4, -0.2) is 17.0 Å². The molecule has 0 saturated carbocycles. The summed E-state index contributed by atoms with van der Waals surface area (Å²) in [6, 6.07) is 5.61. The average molecular weight is 388 g/mol. The third-order valence-corrected chi connectivity index (χ3v) is 5.44. The van der Waals surface area contributed by atoms with Gasteiger partial charge in [-0.1, -0.05) is 0 Å². The van der Waals surface area contributed by atoms with Gasteiger partial charge in [-0.15, -0.1) is 22.7 Å². The van der Waals surface area contributed by atoms with Gasteiger partial charge in [0.2, 0.25) is 5.91 Å². The third-order valence-electron chi connectivity index (χ3n) is 2.79. The number of aromatic carboxylic acids is 1. The number of carboxylic acid groups (broad SMARTS) is 1. The number of carbonyl (C=O) groups is 2. The van der Waals surface area contributed by atoms with Gasteiger partial charge in [0.15, 0.2) is 0 Å². The summed E-state index contributed by atoms with van der Waals surface area (Å²) in [4.78, 5) is 25.1. The van der Waals surface area contributed by atoms with Crippen LogP contribution in [0.2, 0.25) is 0 Å². The predicted octanol–water partition coefficient (Wildman–Crippen LogP) is 4.54. The topological polar surface area (TPSA) is 66.4 Å². The maximum atomic E-state index is 11.9. The highest BCUT2D eigenvalue weighted by atomic mass is 79.9. The maximum Gasteiger partial charge on any atom is 0.338 e. The summed E-state index contributed by atoms with van der Waals surface area (Å²) < 4.78 is 1.09. The van der Waals surface area contributed by atoms with Gasteiger partial charge in [-0.25, -0.2) is 4.79 Å². The molecule has 0 unspecified atom stereocenters. The Labute approximate surface area is 138 Å². The quantitative estimate of drug-likeness (QED) is 0.764. The van der Waals surface area contributed by atoms with E-state index in [1.165, 1.54) is 16.2 Å². The first-order valence-corrected chi connectivity index (χ1v) is 8.76. The lowest BCUT2D eigenvalue weighted by molar-refractivity contribution is -0.116. The lowest BCUT2D eigenvalue weighted by Gasteiger charge is -2.03. The summed E-state index contributed by atoms with van der Waals surface area (Å²) in [5, 5.41) is 12.2. The first-order chi connectivity index (χ1) is 9.95. The van der Waals surface area contributed by atoms with E-state index in [0.717, 1.165) is 21.5 Å². The molecule has 2 aromatic heterocycles. The van der Waals surface area contributed by atoms with Crippen LogP contribution < -0.4 is 5.32 Å². The molecule has 0 aliphatic carbocycles. The second-order valence-electron chi connectivity index (χ2n) is 4.51. The largest absolute Gasteiger partial charge is 0.478 e. The summed E-state index contributed by atoms with van der Waals surface area (Å²) in [5.41, 5.74) is 0.160. The van der Waals surface area contributed by atoms with Gasteiger partial charge < -0.3 is 10.4 Å². The fourth-order valence-electron chi connectivity index (χ4n) is 1.86. The van der Waals surface area contributed by atoms with Crippen LogP contribution in [0.1, 0.15) is 33.0 Å². The van der Waals surface area contributed by atoms with Gasteiger partial charge >= 0.3 is 5.97 Å². The maximum absolute atomic E-state index is 11.9. The molecule has 2 N–H and O–H groups in total. The Kier molecular flexibility index (Phi) is 5.55. The van der Waals surface area contributed by atoms with Gasteiger partial charge in [0, 0.05) is 16.2 Å². The van der Waals surface area contributed by atoms with Gasteiger partial charge in [0.05, 0.1) is 9.35 Å². The van der Waals surface area contributed by atoms with E-state index in [1.807, 2.05) is 19.1 Å². The number of nitrogens with one attached hydrogen (secondary N) is 1. The lowest BCUT2D eigenvalue weighted by atomic mass is 10.2. The van der Waals surface area contributed by atoms with Crippen LogP contribution in [0.3, 0.4) is 0 Å². The van der Waals surface area contributed by atoms with Crippen LogP contribution in [-0.2, 0) is 11.2 Å². The standard InChI is InChI=1S/C14H14BrNO3S2/c1-8-7-10(14(18)19)13(20-8)16-12(17)4-2-3-9-5-6-11(15)21-9/h5-7H,2-4H2,1H3,(H,16,17)(H,18,19). The minimum Gasteiger partial charge on any atom is -0.478 e. The van der Waals surface area contributed by atoms with Crippen molar-refractivity contribution in [2.75, 3.05) is 5.32 Å². The van der Waals surface area contributed by atoms with Crippen molar-refractivity contribution in [3.63, 3.8) is 0 Å². The number of hydrogen-bond acceptors (Lipinski definition) is 4. The van der Waals surface area contributed by atoms with Gasteiger partial charge in [-0.05, 0) is 53.9 Å². The number of anilines is 1. The second kappa shape index (κ2) is 7.20. The molecule has 0 radical (unpaired) electrons. The molecule has 112 valence electrons. The van der Waals surface area contributed by atoms with Crippen molar-refractivity contribution in [2.24, 2.45) is 0 Å². The molecule has 0 aliphatic heterocycles. The summed E-state index contributed by atoms with van der Waals surface area (Å²) in [6.45, 7) is 1.82. The van der Waals surface area contributed by atoms with E-state index in [4.69, 9.17) is 5.11 Å². The first kappa shape index (κ1) is 16.2. The van der Waals surface area contributed by atoms with Crippen molar-refractivity contribution >= 4 is 55.5 Å². The molecule has 0 fully saturated rings. The molecule has 0 aliphatic rings. The highest BCUT2D eigenvalue weighted by Crippen LogP contribution is 2.28. The Hall–Kier alpha value is -1.18. The fourth-order valence-corrected chi connectivity index (χ4v) is 4.31. The molecule has 0 saturated heterocycles. The summed E-state index contributed by atoms with van der Waals surface area (Å²) in [7, 11) is 0. The molecule has 7 heteroatoms. The van der Waals surface area contributed by atoms with Crippen molar-refractivity contribution in [1.29, 1.82) is 0 Å². The van der Waals surface area contributed by atoms with Crippen LogP contribution in [0.4, 0.5) is 5.00 Å². The highest BCUT2D eigenvalue weighted by molar-refractivity contribution is 9.11. The molecule has 2 aromatic rings. The number of carboxylic acids is 1. The van der Waals surface area contributed by atoms with E-state index in [-0.39, 0.29) is 11.5 Å². The summed E-state index contributed by atoms with van der Waals surface area (Å²) in [6.07, 6.45) is 1.97. The molecule has 2 heterocycles. The minimum absolute atomic E-state index is 0.144. The van der Waals surface area contributed by atoms with E-state index < -0.39 is 5.97 Å². The van der Waals surface area contributed by atoms with E-state index in [0.29, 0.717) is 11.4 Å². The second-order valence-corrected chi connectivity index (χ2v) is 8.32. The summed E-state index contributed by atoms with van der Waals surface area (Å²) in [5.74, 6) is -1.16. The van der Waals surface area contributed by atoms with Crippen molar-refractivity contribution < 1.29 is 14.7 Å². The molecule has 4 nitrogen and oxygen atoms in total. The minimum atomic E-state index is -1.02. The number of rotatable bonds is 6. The average Bonchev–Trinajstić information content (AvgIpc) is 2.96. The number of carbonyl (C=O) groups excluding carboxylic acids is 1. The van der Waals surface area contributed by atoms with Crippen LogP contribution in [0, 0.1) is 6.92 Å². The summed E-state index contributed by atoms with van der Waals surface area (Å²) >= 11 is 6.36. The van der Waals surface area contributed by atoms with Crippen molar-refractivity contribution in [2.45, 2.75) is 26.2 Å². The zero-order valence-electron chi connectivity index (χ0n) is 11.3. The van der Waals surface area contributed by atoms with Crippen LogP contribution in [0.15, 0.2) is 22.0 Å². The third kappa shape index (κ3) is 4.66. The monoisotopic (exact) mass is 387 g/mol. The number of halogens is 1. The SMILES string of the molecule is Cc1cc(C(=O)O)c(NC(=O)CCCc2ccc(Br)s2)s1. The zero-order chi connectivity index (χ0) is 15.4. The normalized spacial score (nSPS) is 10.6. The molecule has 2 rings (SSSR count). The highest BCUT2D eigenvalue weighted by Gasteiger charge is 2.15. The van der Waals surface area contributed by atoms with E-state index >= 15 is 0 Å². The molecule has 1 amide bonds. The smallest absolute Gasteiger partial charge is 0.338 e. The molecule has 0 spiro atoms. The molecular weight excluding hydrogens is 374 g/mol. The number of hydrogen-bond donors (Lipinski definition) is 2. The van der Waals surface area contributed by atoms with Gasteiger partial charge in [0.25, 0.3) is 0 Å². The Bertz CT molecular complexity index is 663. The Morgan fingerprint density at radius 3 is 2.71 bits per heavy atom. The van der Waals surface area contributed by atoms with Crippen LogP contribution in [0.5, 0.6) is 0 Å². The zero-order valence-corrected chi connectivity index (χ0v) is 14.5. The van der Waals surface area contributed by atoms with E-state index in [1.54, 1.807) is 17.4 Å². The molecule has 21 heavy (non-hydrogen) atoms. The van der Waals surface area contributed by atoms with Crippen molar-refractivity contribution in [3.8, 4) is 0 Å². The van der Waals surface area contributed by atoms with Crippen LogP contribution >= 0.6 is 38.6 Å². The number of aryl methyl sites for hydroxylation is 2.